The van der Waals surface area contributed by atoms with Crippen LogP contribution in [0.2, 0.25) is 0 Å². The molecule has 3 unspecified atom stereocenters. The highest BCUT2D eigenvalue weighted by atomic mass is 16.2. The fraction of sp³-hybridized carbons (Fsp3) is 0.636. The molecule has 16 heavy (non-hydrogen) atoms. The number of rotatable bonds is 2. The first-order chi connectivity index (χ1) is 7.58. The summed E-state index contributed by atoms with van der Waals surface area (Å²) in [7, 11) is 0. The largest absolute Gasteiger partial charge is 0.369 e. The van der Waals surface area contributed by atoms with E-state index < -0.39 is 0 Å². The lowest BCUT2D eigenvalue weighted by Crippen LogP contribution is -2.35. The number of hydrogen-bond donors (Lipinski definition) is 2. The molecule has 2 amide bonds. The van der Waals surface area contributed by atoms with E-state index in [1.54, 1.807) is 4.90 Å². The summed E-state index contributed by atoms with van der Waals surface area (Å²) in [4.78, 5) is 24.7. The molecule has 5 heteroatoms. The third-order valence-electron chi connectivity index (χ3n) is 3.34. The first kappa shape index (κ1) is 11.1. The van der Waals surface area contributed by atoms with Gasteiger partial charge < -0.3 is 16.4 Å². The molecule has 1 aliphatic heterocycles. The topological polar surface area (TPSA) is 89.4 Å². The Labute approximate surface area is 94.5 Å². The fourth-order valence-electron chi connectivity index (χ4n) is 2.34. The van der Waals surface area contributed by atoms with Crippen molar-refractivity contribution in [2.75, 3.05) is 13.1 Å². The molecular weight excluding hydrogens is 206 g/mol. The molecular formula is C11H17N3O2. The highest BCUT2D eigenvalue weighted by molar-refractivity contribution is 5.83. The molecule has 3 atom stereocenters. The standard InChI is InChI=1S/C11H17N3O2/c12-9-2-1-7(5-9)11(16)14-4-3-8(6-14)10(13)15/h1-2,7-9H,3-6,12H2,(H2,13,15). The molecule has 0 saturated carbocycles. The van der Waals surface area contributed by atoms with Crippen molar-refractivity contribution in [1.82, 2.24) is 4.90 Å². The third-order valence-corrected chi connectivity index (χ3v) is 3.34. The number of hydrogen-bond acceptors (Lipinski definition) is 3. The quantitative estimate of drug-likeness (QED) is 0.602. The Balaban J connectivity index is 1.92. The number of amides is 2. The summed E-state index contributed by atoms with van der Waals surface area (Å²) in [6.07, 6.45) is 5.09. The van der Waals surface area contributed by atoms with Gasteiger partial charge in [-0.3, -0.25) is 9.59 Å². The van der Waals surface area contributed by atoms with Gasteiger partial charge in [-0.1, -0.05) is 12.2 Å². The minimum atomic E-state index is -0.311. The smallest absolute Gasteiger partial charge is 0.229 e. The van der Waals surface area contributed by atoms with Crippen LogP contribution in [-0.2, 0) is 9.59 Å². The predicted molar refractivity (Wildman–Crippen MR) is 59.1 cm³/mol. The number of nitrogens with two attached hydrogens (primary N) is 2. The van der Waals surface area contributed by atoms with Crippen molar-refractivity contribution in [3.05, 3.63) is 12.2 Å². The number of nitrogens with zero attached hydrogens (tertiary/aromatic N) is 1. The van der Waals surface area contributed by atoms with Crippen molar-refractivity contribution >= 4 is 11.8 Å². The zero-order chi connectivity index (χ0) is 11.7. The molecule has 0 aromatic carbocycles. The van der Waals surface area contributed by atoms with Crippen molar-refractivity contribution in [1.29, 1.82) is 0 Å². The maximum Gasteiger partial charge on any atom is 0.229 e. The first-order valence-electron chi connectivity index (χ1n) is 5.60. The molecule has 1 aliphatic carbocycles. The lowest BCUT2D eigenvalue weighted by Gasteiger charge is -2.19. The molecule has 0 radical (unpaired) electrons. The van der Waals surface area contributed by atoms with E-state index in [0.29, 0.717) is 25.9 Å². The molecule has 88 valence electrons. The maximum absolute atomic E-state index is 12.0. The van der Waals surface area contributed by atoms with Gasteiger partial charge in [0.1, 0.15) is 0 Å². The van der Waals surface area contributed by atoms with Gasteiger partial charge in [0.05, 0.1) is 11.8 Å². The second-order valence-electron chi connectivity index (χ2n) is 4.56. The summed E-state index contributed by atoms with van der Waals surface area (Å²) in [5.41, 5.74) is 10.9. The Morgan fingerprint density at radius 1 is 1.31 bits per heavy atom. The summed E-state index contributed by atoms with van der Waals surface area (Å²) < 4.78 is 0. The SMILES string of the molecule is NC(=O)C1CCN(C(=O)C2C=CC(N)C2)C1. The van der Waals surface area contributed by atoms with Crippen LogP contribution in [-0.4, -0.2) is 35.8 Å². The third kappa shape index (κ3) is 2.09. The van der Waals surface area contributed by atoms with Crippen LogP contribution in [0.3, 0.4) is 0 Å². The van der Waals surface area contributed by atoms with E-state index in [0.717, 1.165) is 0 Å². The van der Waals surface area contributed by atoms with Crippen LogP contribution in [0.4, 0.5) is 0 Å². The number of carbonyl (C=O) groups is 2. The van der Waals surface area contributed by atoms with Gasteiger partial charge in [0.2, 0.25) is 11.8 Å². The van der Waals surface area contributed by atoms with E-state index in [-0.39, 0.29) is 29.7 Å². The first-order valence-corrected chi connectivity index (χ1v) is 5.60. The summed E-state index contributed by atoms with van der Waals surface area (Å²) in [6.45, 7) is 1.10. The minimum absolute atomic E-state index is 0.0107. The zero-order valence-electron chi connectivity index (χ0n) is 9.13. The van der Waals surface area contributed by atoms with Gasteiger partial charge in [0.15, 0.2) is 0 Å². The van der Waals surface area contributed by atoms with E-state index in [1.165, 1.54) is 0 Å². The normalized spacial score (nSPS) is 33.3. The van der Waals surface area contributed by atoms with E-state index in [9.17, 15) is 9.59 Å². The van der Waals surface area contributed by atoms with Gasteiger partial charge in [0.25, 0.3) is 0 Å². The highest BCUT2D eigenvalue weighted by Crippen LogP contribution is 2.23. The Morgan fingerprint density at radius 2 is 2.06 bits per heavy atom. The number of carbonyl (C=O) groups excluding carboxylic acids is 2. The monoisotopic (exact) mass is 223 g/mol. The van der Waals surface area contributed by atoms with Crippen molar-refractivity contribution in [3.63, 3.8) is 0 Å². The summed E-state index contributed by atoms with van der Waals surface area (Å²) in [5, 5.41) is 0. The average molecular weight is 223 g/mol. The van der Waals surface area contributed by atoms with Gasteiger partial charge in [0, 0.05) is 19.1 Å². The fourth-order valence-corrected chi connectivity index (χ4v) is 2.34. The Kier molecular flexibility index (Phi) is 2.96. The number of primary amides is 1. The molecule has 1 fully saturated rings. The highest BCUT2D eigenvalue weighted by Gasteiger charge is 2.33. The average Bonchev–Trinajstić information content (AvgIpc) is 2.84. The molecule has 0 bridgehead atoms. The molecule has 1 heterocycles. The van der Waals surface area contributed by atoms with Crippen molar-refractivity contribution in [2.45, 2.75) is 18.9 Å². The second kappa shape index (κ2) is 4.25. The Bertz CT molecular complexity index is 340. The van der Waals surface area contributed by atoms with Crippen LogP contribution >= 0.6 is 0 Å². The summed E-state index contributed by atoms with van der Waals surface area (Å²) in [5.74, 6) is -0.522. The van der Waals surface area contributed by atoms with Crippen LogP contribution < -0.4 is 11.5 Å². The van der Waals surface area contributed by atoms with Crippen molar-refractivity contribution < 1.29 is 9.59 Å². The van der Waals surface area contributed by atoms with E-state index in [4.69, 9.17) is 11.5 Å². The molecule has 0 aromatic heterocycles. The Morgan fingerprint density at radius 3 is 2.56 bits per heavy atom. The van der Waals surface area contributed by atoms with Crippen LogP contribution in [0, 0.1) is 11.8 Å². The zero-order valence-corrected chi connectivity index (χ0v) is 9.13. The van der Waals surface area contributed by atoms with Gasteiger partial charge in [-0.2, -0.15) is 0 Å². The van der Waals surface area contributed by atoms with Crippen LogP contribution in [0.1, 0.15) is 12.8 Å². The lowest BCUT2D eigenvalue weighted by atomic mass is 10.1. The van der Waals surface area contributed by atoms with Gasteiger partial charge in [-0.15, -0.1) is 0 Å². The van der Waals surface area contributed by atoms with Crippen molar-refractivity contribution in [3.8, 4) is 0 Å². The van der Waals surface area contributed by atoms with Crippen molar-refractivity contribution in [2.24, 2.45) is 23.3 Å². The molecule has 2 rings (SSSR count). The molecule has 0 aromatic rings. The van der Waals surface area contributed by atoms with Crippen LogP contribution in [0.15, 0.2) is 12.2 Å². The van der Waals surface area contributed by atoms with E-state index in [1.807, 2.05) is 12.2 Å². The Hall–Kier alpha value is -1.36. The molecule has 1 saturated heterocycles. The van der Waals surface area contributed by atoms with Gasteiger partial charge in [-0.05, 0) is 12.8 Å². The van der Waals surface area contributed by atoms with Crippen LogP contribution in [0.5, 0.6) is 0 Å². The van der Waals surface area contributed by atoms with E-state index >= 15 is 0 Å². The van der Waals surface area contributed by atoms with Crippen LogP contribution in [0.25, 0.3) is 0 Å². The molecule has 4 N–H and O–H groups in total. The lowest BCUT2D eigenvalue weighted by molar-refractivity contribution is -0.133. The summed E-state index contributed by atoms with van der Waals surface area (Å²) in [6, 6.07) is -0.0107. The van der Waals surface area contributed by atoms with Gasteiger partial charge in [-0.25, -0.2) is 0 Å². The predicted octanol–water partition coefficient (Wildman–Crippen LogP) is -0.776. The minimum Gasteiger partial charge on any atom is -0.369 e. The molecule has 2 aliphatic rings. The molecule has 5 nitrogen and oxygen atoms in total. The second-order valence-corrected chi connectivity index (χ2v) is 4.56. The maximum atomic E-state index is 12.0. The number of likely N-dealkylation sites (tertiary alicyclic amines) is 1. The molecule has 0 spiro atoms. The summed E-state index contributed by atoms with van der Waals surface area (Å²) >= 11 is 0. The van der Waals surface area contributed by atoms with E-state index in [2.05, 4.69) is 0 Å². The van der Waals surface area contributed by atoms with Gasteiger partial charge >= 0.3 is 0 Å².